The van der Waals surface area contributed by atoms with Gasteiger partial charge in [-0.15, -0.1) is 0 Å². The Bertz CT molecular complexity index is 722. The second-order valence-electron chi connectivity index (χ2n) is 4.12. The molecule has 102 valence electrons. The van der Waals surface area contributed by atoms with Gasteiger partial charge in [0, 0.05) is 6.07 Å². The van der Waals surface area contributed by atoms with Gasteiger partial charge in [0.15, 0.2) is 0 Å². The van der Waals surface area contributed by atoms with Gasteiger partial charge in [-0.05, 0) is 24.3 Å². The topological polar surface area (TPSA) is 37.9 Å². The number of nitrogens with one attached hydrogen (secondary N) is 1. The standard InChI is InChI=1S/C14H9F3N2O/c15-8-5-6-9(12(7-8)20-14(16)17)13-18-10-3-1-2-4-11(10)19-13/h1-7,14H,(H,18,19). The largest absolute Gasteiger partial charge is 0.434 e. The van der Waals surface area contributed by atoms with Crippen LogP contribution in [0.1, 0.15) is 0 Å². The van der Waals surface area contributed by atoms with Crippen molar-refractivity contribution in [3.8, 4) is 17.1 Å². The van der Waals surface area contributed by atoms with Crippen molar-refractivity contribution in [2.24, 2.45) is 0 Å². The predicted octanol–water partition coefficient (Wildman–Crippen LogP) is 3.97. The third-order valence-electron chi connectivity index (χ3n) is 2.80. The first-order valence-corrected chi connectivity index (χ1v) is 5.83. The number of alkyl halides is 2. The van der Waals surface area contributed by atoms with E-state index in [1.165, 1.54) is 12.1 Å². The fourth-order valence-electron chi connectivity index (χ4n) is 1.97. The van der Waals surface area contributed by atoms with E-state index in [1.807, 2.05) is 18.2 Å². The van der Waals surface area contributed by atoms with Gasteiger partial charge in [0.1, 0.15) is 17.4 Å². The molecular weight excluding hydrogens is 269 g/mol. The van der Waals surface area contributed by atoms with E-state index < -0.39 is 12.4 Å². The number of nitrogens with zero attached hydrogens (tertiary/aromatic N) is 1. The number of ether oxygens (including phenoxy) is 1. The van der Waals surface area contributed by atoms with Gasteiger partial charge in [-0.1, -0.05) is 12.1 Å². The van der Waals surface area contributed by atoms with E-state index in [-0.39, 0.29) is 11.3 Å². The number of hydrogen-bond acceptors (Lipinski definition) is 2. The van der Waals surface area contributed by atoms with Gasteiger partial charge < -0.3 is 9.72 Å². The lowest BCUT2D eigenvalue weighted by Crippen LogP contribution is -2.03. The van der Waals surface area contributed by atoms with Crippen LogP contribution in [0.2, 0.25) is 0 Å². The summed E-state index contributed by atoms with van der Waals surface area (Å²) in [6.45, 7) is -3.03. The maximum atomic E-state index is 13.2. The van der Waals surface area contributed by atoms with E-state index >= 15 is 0 Å². The van der Waals surface area contributed by atoms with Crippen molar-refractivity contribution in [1.82, 2.24) is 9.97 Å². The molecule has 3 rings (SSSR count). The Morgan fingerprint density at radius 3 is 2.65 bits per heavy atom. The third-order valence-corrected chi connectivity index (χ3v) is 2.80. The summed E-state index contributed by atoms with van der Waals surface area (Å²) in [5.74, 6) is -0.554. The minimum atomic E-state index is -3.03. The van der Waals surface area contributed by atoms with Crippen LogP contribution in [0.3, 0.4) is 0 Å². The predicted molar refractivity (Wildman–Crippen MR) is 68.1 cm³/mol. The van der Waals surface area contributed by atoms with Crippen LogP contribution in [-0.4, -0.2) is 16.6 Å². The molecule has 0 amide bonds. The lowest BCUT2D eigenvalue weighted by molar-refractivity contribution is -0.0496. The number of aromatic amines is 1. The number of H-pyrrole nitrogens is 1. The van der Waals surface area contributed by atoms with Gasteiger partial charge in [0.25, 0.3) is 0 Å². The summed E-state index contributed by atoms with van der Waals surface area (Å²) in [5.41, 5.74) is 1.73. The van der Waals surface area contributed by atoms with E-state index in [2.05, 4.69) is 14.7 Å². The minimum Gasteiger partial charge on any atom is -0.434 e. The van der Waals surface area contributed by atoms with Crippen molar-refractivity contribution in [3.63, 3.8) is 0 Å². The first-order valence-electron chi connectivity index (χ1n) is 5.83. The maximum Gasteiger partial charge on any atom is 0.387 e. The summed E-state index contributed by atoms with van der Waals surface area (Å²) in [7, 11) is 0. The zero-order valence-corrected chi connectivity index (χ0v) is 10.1. The Morgan fingerprint density at radius 1 is 1.10 bits per heavy atom. The fourth-order valence-corrected chi connectivity index (χ4v) is 1.97. The second kappa shape index (κ2) is 4.88. The molecule has 3 nitrogen and oxygen atoms in total. The molecule has 0 aliphatic carbocycles. The molecule has 20 heavy (non-hydrogen) atoms. The zero-order chi connectivity index (χ0) is 14.1. The van der Waals surface area contributed by atoms with Crippen molar-refractivity contribution in [2.45, 2.75) is 6.61 Å². The molecule has 0 fully saturated rings. The van der Waals surface area contributed by atoms with Crippen molar-refractivity contribution in [3.05, 3.63) is 48.3 Å². The van der Waals surface area contributed by atoms with Crippen LogP contribution in [0.15, 0.2) is 42.5 Å². The van der Waals surface area contributed by atoms with Gasteiger partial charge in [0.2, 0.25) is 0 Å². The first-order chi connectivity index (χ1) is 9.63. The molecule has 1 heterocycles. The lowest BCUT2D eigenvalue weighted by atomic mass is 10.2. The Morgan fingerprint density at radius 2 is 1.90 bits per heavy atom. The van der Waals surface area contributed by atoms with Crippen LogP contribution in [0.4, 0.5) is 13.2 Å². The zero-order valence-electron chi connectivity index (χ0n) is 10.1. The average Bonchev–Trinajstić information content (AvgIpc) is 2.81. The van der Waals surface area contributed by atoms with Gasteiger partial charge in [-0.3, -0.25) is 0 Å². The number of imidazole rings is 1. The van der Waals surface area contributed by atoms with Crippen molar-refractivity contribution in [1.29, 1.82) is 0 Å². The van der Waals surface area contributed by atoms with E-state index in [0.29, 0.717) is 11.3 Å². The molecule has 0 atom stereocenters. The molecule has 1 N–H and O–H groups in total. The van der Waals surface area contributed by atoms with Crippen LogP contribution in [-0.2, 0) is 0 Å². The van der Waals surface area contributed by atoms with Gasteiger partial charge in [-0.2, -0.15) is 8.78 Å². The Hall–Kier alpha value is -2.50. The number of hydrogen-bond donors (Lipinski definition) is 1. The summed E-state index contributed by atoms with van der Waals surface area (Å²) in [5, 5.41) is 0. The Kier molecular flexibility index (Phi) is 3.06. The molecule has 0 radical (unpaired) electrons. The minimum absolute atomic E-state index is 0.251. The second-order valence-corrected chi connectivity index (χ2v) is 4.12. The number of rotatable bonds is 3. The number of aromatic nitrogens is 2. The van der Waals surface area contributed by atoms with E-state index in [9.17, 15) is 13.2 Å². The third kappa shape index (κ3) is 2.32. The van der Waals surface area contributed by atoms with Crippen molar-refractivity contribution < 1.29 is 17.9 Å². The molecule has 1 aromatic heterocycles. The molecule has 0 unspecified atom stereocenters. The average molecular weight is 278 g/mol. The SMILES string of the molecule is Fc1ccc(-c2nc3ccccc3[nH]2)c(OC(F)F)c1. The summed E-state index contributed by atoms with van der Waals surface area (Å²) in [6, 6.07) is 10.7. The quantitative estimate of drug-likeness (QED) is 0.787. The Balaban J connectivity index is 2.12. The molecule has 0 aliphatic rings. The number of halogens is 3. The highest BCUT2D eigenvalue weighted by Crippen LogP contribution is 2.31. The molecule has 0 spiro atoms. The molecular formula is C14H9F3N2O. The summed E-state index contributed by atoms with van der Waals surface area (Å²) < 4.78 is 42.3. The Labute approximate surface area is 112 Å². The number of para-hydroxylation sites is 2. The highest BCUT2D eigenvalue weighted by atomic mass is 19.3. The number of benzene rings is 2. The highest BCUT2D eigenvalue weighted by molar-refractivity contribution is 5.80. The van der Waals surface area contributed by atoms with E-state index in [0.717, 1.165) is 11.6 Å². The first kappa shape index (κ1) is 12.5. The fraction of sp³-hybridized carbons (Fsp3) is 0.0714. The van der Waals surface area contributed by atoms with Gasteiger partial charge >= 0.3 is 6.61 Å². The van der Waals surface area contributed by atoms with Crippen molar-refractivity contribution >= 4 is 11.0 Å². The van der Waals surface area contributed by atoms with Crippen LogP contribution in [0.25, 0.3) is 22.4 Å². The molecule has 0 saturated heterocycles. The highest BCUT2D eigenvalue weighted by Gasteiger charge is 2.15. The maximum absolute atomic E-state index is 13.2. The van der Waals surface area contributed by atoms with E-state index in [4.69, 9.17) is 0 Å². The normalized spacial score (nSPS) is 11.2. The molecule has 6 heteroatoms. The monoisotopic (exact) mass is 278 g/mol. The lowest BCUT2D eigenvalue weighted by Gasteiger charge is -2.08. The number of fused-ring (bicyclic) bond motifs is 1. The molecule has 2 aromatic carbocycles. The van der Waals surface area contributed by atoms with Crippen molar-refractivity contribution in [2.75, 3.05) is 0 Å². The smallest absolute Gasteiger partial charge is 0.387 e. The van der Waals surface area contributed by atoms with Crippen LogP contribution in [0.5, 0.6) is 5.75 Å². The summed E-state index contributed by atoms with van der Waals surface area (Å²) in [4.78, 5) is 7.26. The van der Waals surface area contributed by atoms with Crippen LogP contribution in [0, 0.1) is 5.82 Å². The summed E-state index contributed by atoms with van der Waals surface area (Å²) >= 11 is 0. The van der Waals surface area contributed by atoms with E-state index in [1.54, 1.807) is 6.07 Å². The molecule has 0 saturated carbocycles. The molecule has 0 aliphatic heterocycles. The van der Waals surface area contributed by atoms with Gasteiger partial charge in [0.05, 0.1) is 16.6 Å². The molecule has 3 aromatic rings. The summed E-state index contributed by atoms with van der Waals surface area (Å²) in [6.07, 6.45) is 0. The van der Waals surface area contributed by atoms with Crippen LogP contribution >= 0.6 is 0 Å². The molecule has 0 bridgehead atoms. The van der Waals surface area contributed by atoms with Gasteiger partial charge in [-0.25, -0.2) is 9.37 Å². The van der Waals surface area contributed by atoms with Crippen LogP contribution < -0.4 is 4.74 Å².